The molecule has 18 heavy (non-hydrogen) atoms. The van der Waals surface area contributed by atoms with Gasteiger partial charge in [-0.15, -0.1) is 0 Å². The number of thioether (sulfide) groups is 1. The van der Waals surface area contributed by atoms with Crippen molar-refractivity contribution in [2.75, 3.05) is 18.6 Å². The highest BCUT2D eigenvalue weighted by Crippen LogP contribution is 2.20. The minimum atomic E-state index is 0.637. The molecule has 2 aromatic rings. The number of nitrogens with one attached hydrogen (secondary N) is 2. The lowest BCUT2D eigenvalue weighted by molar-refractivity contribution is 0.415. The number of aromatic amines is 1. The van der Waals surface area contributed by atoms with Gasteiger partial charge in [0, 0.05) is 17.9 Å². The molecule has 0 aliphatic carbocycles. The van der Waals surface area contributed by atoms with E-state index in [9.17, 15) is 0 Å². The van der Waals surface area contributed by atoms with Gasteiger partial charge in [0.05, 0.1) is 24.7 Å². The summed E-state index contributed by atoms with van der Waals surface area (Å²) in [7, 11) is 1.68. The van der Waals surface area contributed by atoms with E-state index in [1.807, 2.05) is 30.0 Å². The lowest BCUT2D eigenvalue weighted by Crippen LogP contribution is -2.28. The van der Waals surface area contributed by atoms with Crippen LogP contribution < -0.4 is 10.1 Å². The molecule has 2 N–H and O–H groups in total. The van der Waals surface area contributed by atoms with Gasteiger partial charge in [-0.05, 0) is 24.3 Å². The molecule has 1 aliphatic heterocycles. The Bertz CT molecular complexity index is 534. The molecule has 1 atom stereocenters. The first kappa shape index (κ1) is 11.9. The molecule has 0 radical (unpaired) electrons. The number of methoxy groups -OCH3 is 1. The third-order valence-corrected chi connectivity index (χ3v) is 4.39. The molecule has 1 aliphatic rings. The average molecular weight is 263 g/mol. The van der Waals surface area contributed by atoms with E-state index < -0.39 is 0 Å². The molecule has 0 saturated carbocycles. The van der Waals surface area contributed by atoms with Gasteiger partial charge < -0.3 is 15.0 Å². The van der Waals surface area contributed by atoms with E-state index in [1.165, 1.54) is 17.9 Å². The van der Waals surface area contributed by atoms with Gasteiger partial charge in [-0.1, -0.05) is 0 Å². The number of aromatic nitrogens is 2. The number of imidazole rings is 1. The van der Waals surface area contributed by atoms with Crippen LogP contribution in [0.1, 0.15) is 12.2 Å². The largest absolute Gasteiger partial charge is 0.497 e. The van der Waals surface area contributed by atoms with E-state index in [1.54, 1.807) is 7.11 Å². The molecular weight excluding hydrogens is 246 g/mol. The van der Waals surface area contributed by atoms with Crippen LogP contribution in [0.3, 0.4) is 0 Å². The highest BCUT2D eigenvalue weighted by atomic mass is 32.2. The van der Waals surface area contributed by atoms with Gasteiger partial charge in [0.1, 0.15) is 11.6 Å². The zero-order valence-corrected chi connectivity index (χ0v) is 11.2. The summed E-state index contributed by atoms with van der Waals surface area (Å²) in [5.74, 6) is 4.34. The summed E-state index contributed by atoms with van der Waals surface area (Å²) in [5.41, 5.74) is 2.03. The summed E-state index contributed by atoms with van der Waals surface area (Å²) in [6.45, 7) is 0.808. The molecule has 1 aromatic heterocycles. The lowest BCUT2D eigenvalue weighted by Gasteiger charge is -2.08. The summed E-state index contributed by atoms with van der Waals surface area (Å²) < 4.78 is 5.21. The summed E-state index contributed by atoms with van der Waals surface area (Å²) in [6.07, 6.45) is 1.26. The fourth-order valence-corrected chi connectivity index (χ4v) is 3.38. The Labute approximate surface area is 111 Å². The van der Waals surface area contributed by atoms with Crippen LogP contribution in [0, 0.1) is 0 Å². The highest BCUT2D eigenvalue weighted by molar-refractivity contribution is 7.99. The van der Waals surface area contributed by atoms with Gasteiger partial charge >= 0.3 is 0 Å². The third-order valence-electron chi connectivity index (χ3n) is 3.23. The van der Waals surface area contributed by atoms with Crippen LogP contribution in [-0.2, 0) is 6.54 Å². The van der Waals surface area contributed by atoms with E-state index >= 15 is 0 Å². The van der Waals surface area contributed by atoms with Crippen molar-refractivity contribution >= 4 is 22.8 Å². The Hall–Kier alpha value is -1.20. The molecule has 96 valence electrons. The Morgan fingerprint density at radius 3 is 3.28 bits per heavy atom. The molecule has 1 saturated heterocycles. The molecular formula is C13H17N3OS. The molecule has 5 heteroatoms. The topological polar surface area (TPSA) is 49.9 Å². The van der Waals surface area contributed by atoms with E-state index in [0.29, 0.717) is 6.04 Å². The second-order valence-electron chi connectivity index (χ2n) is 4.51. The highest BCUT2D eigenvalue weighted by Gasteiger charge is 2.15. The van der Waals surface area contributed by atoms with Crippen LogP contribution in [0.5, 0.6) is 5.75 Å². The molecule has 2 heterocycles. The van der Waals surface area contributed by atoms with Gasteiger partial charge in [0.15, 0.2) is 0 Å². The second-order valence-corrected chi connectivity index (χ2v) is 5.66. The fourth-order valence-electron chi connectivity index (χ4n) is 2.19. The Morgan fingerprint density at radius 2 is 2.50 bits per heavy atom. The number of rotatable bonds is 4. The third kappa shape index (κ3) is 2.47. The summed E-state index contributed by atoms with van der Waals surface area (Å²) in [6, 6.07) is 6.54. The van der Waals surface area contributed by atoms with Crippen molar-refractivity contribution < 1.29 is 4.74 Å². The van der Waals surface area contributed by atoms with Crippen molar-refractivity contribution in [3.05, 3.63) is 24.0 Å². The molecule has 0 unspecified atom stereocenters. The van der Waals surface area contributed by atoms with Gasteiger partial charge in [0.25, 0.3) is 0 Å². The molecule has 1 fully saturated rings. The van der Waals surface area contributed by atoms with Crippen LogP contribution in [0.15, 0.2) is 18.2 Å². The predicted molar refractivity (Wildman–Crippen MR) is 75.2 cm³/mol. The smallest absolute Gasteiger partial charge is 0.121 e. The van der Waals surface area contributed by atoms with Gasteiger partial charge in [-0.25, -0.2) is 4.98 Å². The summed E-state index contributed by atoms with van der Waals surface area (Å²) in [5, 5.41) is 3.54. The molecule has 0 amide bonds. The second kappa shape index (κ2) is 5.20. The monoisotopic (exact) mass is 263 g/mol. The Kier molecular flexibility index (Phi) is 3.43. The fraction of sp³-hybridized carbons (Fsp3) is 0.462. The van der Waals surface area contributed by atoms with Crippen LogP contribution in [0.2, 0.25) is 0 Å². The van der Waals surface area contributed by atoms with Gasteiger partial charge in [0.2, 0.25) is 0 Å². The minimum absolute atomic E-state index is 0.637. The quantitative estimate of drug-likeness (QED) is 0.887. The predicted octanol–water partition coefficient (Wildman–Crippen LogP) is 2.17. The first-order chi connectivity index (χ1) is 8.85. The SMILES string of the molecule is COc1ccc2nc(CN[C@@H]3CCSC3)[nH]c2c1. The van der Waals surface area contributed by atoms with Gasteiger partial charge in [-0.2, -0.15) is 11.8 Å². The first-order valence-electron chi connectivity index (χ1n) is 6.19. The number of hydrogen-bond acceptors (Lipinski definition) is 4. The maximum atomic E-state index is 5.21. The van der Waals surface area contributed by atoms with Crippen LogP contribution in [0.4, 0.5) is 0 Å². The van der Waals surface area contributed by atoms with Crippen LogP contribution >= 0.6 is 11.8 Å². The van der Waals surface area contributed by atoms with E-state index in [2.05, 4.69) is 15.3 Å². The summed E-state index contributed by atoms with van der Waals surface area (Å²) >= 11 is 2.02. The molecule has 4 nitrogen and oxygen atoms in total. The standard InChI is InChI=1S/C13H17N3OS/c1-17-10-2-3-11-12(6-10)16-13(15-11)7-14-9-4-5-18-8-9/h2-3,6,9,14H,4-5,7-8H2,1H3,(H,15,16)/t9-/m1/s1. The zero-order valence-electron chi connectivity index (χ0n) is 10.4. The number of fused-ring (bicyclic) bond motifs is 1. The van der Waals surface area contributed by atoms with Crippen LogP contribution in [0.25, 0.3) is 11.0 Å². The number of H-pyrrole nitrogens is 1. The van der Waals surface area contributed by atoms with Crippen LogP contribution in [-0.4, -0.2) is 34.6 Å². The number of ether oxygens (including phenoxy) is 1. The van der Waals surface area contributed by atoms with E-state index in [-0.39, 0.29) is 0 Å². The number of hydrogen-bond donors (Lipinski definition) is 2. The number of nitrogens with zero attached hydrogens (tertiary/aromatic N) is 1. The van der Waals surface area contributed by atoms with Crippen molar-refractivity contribution in [3.63, 3.8) is 0 Å². The van der Waals surface area contributed by atoms with Gasteiger partial charge in [-0.3, -0.25) is 0 Å². The average Bonchev–Trinajstić information content (AvgIpc) is 3.04. The van der Waals surface area contributed by atoms with Crippen molar-refractivity contribution in [1.29, 1.82) is 0 Å². The van der Waals surface area contributed by atoms with E-state index in [4.69, 9.17) is 4.74 Å². The maximum absolute atomic E-state index is 5.21. The van der Waals surface area contributed by atoms with Crippen molar-refractivity contribution in [2.24, 2.45) is 0 Å². The minimum Gasteiger partial charge on any atom is -0.497 e. The first-order valence-corrected chi connectivity index (χ1v) is 7.34. The Balaban J connectivity index is 1.72. The molecule has 0 spiro atoms. The Morgan fingerprint density at radius 1 is 1.56 bits per heavy atom. The lowest BCUT2D eigenvalue weighted by atomic mass is 10.2. The van der Waals surface area contributed by atoms with E-state index in [0.717, 1.165) is 29.2 Å². The van der Waals surface area contributed by atoms with Crippen molar-refractivity contribution in [3.8, 4) is 5.75 Å². The zero-order chi connectivity index (χ0) is 12.4. The molecule has 1 aromatic carbocycles. The maximum Gasteiger partial charge on any atom is 0.121 e. The summed E-state index contributed by atoms with van der Waals surface area (Å²) in [4.78, 5) is 7.90. The van der Waals surface area contributed by atoms with Crippen molar-refractivity contribution in [1.82, 2.24) is 15.3 Å². The normalized spacial score (nSPS) is 19.5. The molecule has 3 rings (SSSR count). The van der Waals surface area contributed by atoms with Crippen molar-refractivity contribution in [2.45, 2.75) is 19.0 Å². The molecule has 0 bridgehead atoms. The number of benzene rings is 1.